The molecule has 2 aliphatic carbocycles. The highest BCUT2D eigenvalue weighted by molar-refractivity contribution is 6.49. The monoisotopic (exact) mass is 580 g/mol. The molecule has 9 nitrogen and oxygen atoms in total. The smallest absolute Gasteiger partial charge is 0.329 e. The van der Waals surface area contributed by atoms with Crippen LogP contribution in [0.25, 0.3) is 6.08 Å². The summed E-state index contributed by atoms with van der Waals surface area (Å²) in [7, 11) is 0. The summed E-state index contributed by atoms with van der Waals surface area (Å²) in [6.45, 7) is 2.42. The number of benzene rings is 1. The quantitative estimate of drug-likeness (QED) is 0.428. The van der Waals surface area contributed by atoms with E-state index < -0.39 is 5.66 Å². The maximum Gasteiger partial charge on any atom is 0.329 e. The third-order valence-electron chi connectivity index (χ3n) is 9.23. The molecule has 1 saturated heterocycles. The summed E-state index contributed by atoms with van der Waals surface area (Å²) in [5.74, 6) is 0.0178. The van der Waals surface area contributed by atoms with Crippen LogP contribution in [0.15, 0.2) is 64.9 Å². The Morgan fingerprint density at radius 2 is 1.58 bits per heavy atom. The fourth-order valence-electron chi connectivity index (χ4n) is 6.91. The van der Waals surface area contributed by atoms with Gasteiger partial charge in [0.25, 0.3) is 5.91 Å². The zero-order valence-electron chi connectivity index (χ0n) is 24.9. The Bertz CT molecular complexity index is 1440. The van der Waals surface area contributed by atoms with Gasteiger partial charge in [0, 0.05) is 42.7 Å². The van der Waals surface area contributed by atoms with Crippen molar-refractivity contribution in [3.63, 3.8) is 0 Å². The van der Waals surface area contributed by atoms with E-state index in [1.165, 1.54) is 17.4 Å². The van der Waals surface area contributed by atoms with Crippen LogP contribution in [0.2, 0.25) is 0 Å². The molecule has 1 aromatic carbocycles. The minimum Gasteiger partial charge on any atom is -0.352 e. The van der Waals surface area contributed by atoms with Crippen LogP contribution in [-0.2, 0) is 16.0 Å². The number of amides is 4. The van der Waals surface area contributed by atoms with Gasteiger partial charge in [-0.2, -0.15) is 0 Å². The lowest BCUT2D eigenvalue weighted by molar-refractivity contribution is -0.127. The van der Waals surface area contributed by atoms with Crippen molar-refractivity contribution in [2.75, 3.05) is 6.54 Å². The van der Waals surface area contributed by atoms with Crippen LogP contribution in [0.5, 0.6) is 0 Å². The number of fused-ring (bicyclic) bond motifs is 1. The van der Waals surface area contributed by atoms with Crippen molar-refractivity contribution in [2.24, 2.45) is 9.98 Å². The third-order valence-corrected chi connectivity index (χ3v) is 9.23. The number of rotatable bonds is 8. The van der Waals surface area contributed by atoms with Crippen LogP contribution >= 0.6 is 0 Å². The van der Waals surface area contributed by atoms with Crippen molar-refractivity contribution < 1.29 is 14.4 Å². The molecule has 9 heteroatoms. The van der Waals surface area contributed by atoms with Crippen LogP contribution in [-0.4, -0.2) is 68.5 Å². The van der Waals surface area contributed by atoms with Crippen LogP contribution < -0.4 is 5.32 Å². The molecular formula is C34H40N6O3. The van der Waals surface area contributed by atoms with E-state index in [0.717, 1.165) is 80.9 Å². The van der Waals surface area contributed by atoms with Crippen molar-refractivity contribution in [1.29, 1.82) is 0 Å². The SMILES string of the molecule is CC12N=C(c3ccc(/C=C/C(=O)NCCc4ccncc4)cc3)N=C1C(=O)N(C1CCCCC1)C(=O)N2C1CCCCC1. The lowest BCUT2D eigenvalue weighted by Crippen LogP contribution is -2.71. The largest absolute Gasteiger partial charge is 0.352 e. The van der Waals surface area contributed by atoms with Gasteiger partial charge in [0.2, 0.25) is 5.91 Å². The number of aliphatic imine (C=N–C) groups is 2. The molecule has 1 atom stereocenters. The summed E-state index contributed by atoms with van der Waals surface area (Å²) in [5, 5.41) is 2.91. The van der Waals surface area contributed by atoms with E-state index in [0.29, 0.717) is 18.1 Å². The van der Waals surface area contributed by atoms with Crippen LogP contribution in [0.4, 0.5) is 4.79 Å². The summed E-state index contributed by atoms with van der Waals surface area (Å²) in [6.07, 6.45) is 17.6. The fourth-order valence-corrected chi connectivity index (χ4v) is 6.91. The van der Waals surface area contributed by atoms with E-state index in [9.17, 15) is 14.4 Å². The number of pyridine rings is 1. The molecule has 0 spiro atoms. The normalized spacial score (nSPS) is 23.4. The van der Waals surface area contributed by atoms with E-state index in [1.54, 1.807) is 18.5 Å². The molecule has 2 aromatic rings. The maximum atomic E-state index is 14.1. The van der Waals surface area contributed by atoms with Crippen molar-refractivity contribution in [3.8, 4) is 0 Å². The minimum atomic E-state index is -1.11. The summed E-state index contributed by atoms with van der Waals surface area (Å²) in [4.78, 5) is 57.5. The lowest BCUT2D eigenvalue weighted by atomic mass is 9.88. The van der Waals surface area contributed by atoms with Crippen molar-refractivity contribution in [2.45, 2.75) is 95.3 Å². The van der Waals surface area contributed by atoms with Crippen molar-refractivity contribution in [1.82, 2.24) is 20.1 Å². The van der Waals surface area contributed by atoms with Crippen LogP contribution in [0.1, 0.15) is 87.8 Å². The first-order valence-electron chi connectivity index (χ1n) is 15.8. The van der Waals surface area contributed by atoms with Gasteiger partial charge in [-0.05, 0) is 68.4 Å². The highest BCUT2D eigenvalue weighted by Crippen LogP contribution is 2.40. The number of hydrogen-bond acceptors (Lipinski definition) is 6. The van der Waals surface area contributed by atoms with Gasteiger partial charge in [0.05, 0.1) is 0 Å². The molecule has 6 rings (SSSR count). The maximum absolute atomic E-state index is 14.1. The van der Waals surface area contributed by atoms with E-state index in [4.69, 9.17) is 9.98 Å². The molecular weight excluding hydrogens is 540 g/mol. The minimum absolute atomic E-state index is 0.0436. The highest BCUT2D eigenvalue weighted by atomic mass is 16.2. The van der Waals surface area contributed by atoms with Crippen molar-refractivity contribution >= 4 is 35.5 Å². The molecule has 3 fully saturated rings. The molecule has 0 radical (unpaired) electrons. The Hall–Kier alpha value is -4.14. The molecule has 4 amide bonds. The second-order valence-electron chi connectivity index (χ2n) is 12.2. The molecule has 3 heterocycles. The molecule has 43 heavy (non-hydrogen) atoms. The zero-order valence-corrected chi connectivity index (χ0v) is 24.9. The van der Waals surface area contributed by atoms with E-state index in [2.05, 4.69) is 10.3 Å². The van der Waals surface area contributed by atoms with Gasteiger partial charge in [-0.1, -0.05) is 62.8 Å². The fraction of sp³-hybridized carbons (Fsp3) is 0.471. The Morgan fingerprint density at radius 1 is 0.930 bits per heavy atom. The number of amidine groups is 1. The Morgan fingerprint density at radius 3 is 2.26 bits per heavy atom. The third kappa shape index (κ3) is 6.03. The Kier molecular flexibility index (Phi) is 8.49. The van der Waals surface area contributed by atoms with Crippen LogP contribution in [0, 0.1) is 0 Å². The first-order chi connectivity index (χ1) is 20.9. The van der Waals surface area contributed by atoms with Gasteiger partial charge in [0.15, 0.2) is 17.2 Å². The highest BCUT2D eigenvalue weighted by Gasteiger charge is 2.57. The first-order valence-corrected chi connectivity index (χ1v) is 15.8. The molecule has 2 saturated carbocycles. The standard InChI is InChI=1S/C34H40N6O3/c1-34-30(32(42)39(27-8-4-2-5-9-27)33(43)40(34)28-10-6-3-7-11-28)37-31(38-34)26-15-12-24(13-16-26)14-17-29(41)36-23-20-25-18-21-35-22-19-25/h12-19,21-22,27-28H,2-11,20,23H2,1H3,(H,36,41)/b17-14+. The van der Waals surface area contributed by atoms with Gasteiger partial charge < -0.3 is 5.32 Å². The zero-order chi connectivity index (χ0) is 29.8. The topological polar surface area (TPSA) is 107 Å². The average molecular weight is 581 g/mol. The second kappa shape index (κ2) is 12.6. The molecule has 2 aliphatic heterocycles. The van der Waals surface area contributed by atoms with Crippen LogP contribution in [0.3, 0.4) is 0 Å². The number of carbonyl (C=O) groups is 3. The number of nitrogens with one attached hydrogen (secondary N) is 1. The molecule has 1 unspecified atom stereocenters. The van der Waals surface area contributed by atoms with Gasteiger partial charge in [-0.3, -0.25) is 24.4 Å². The molecule has 0 bridgehead atoms. The summed E-state index contributed by atoms with van der Waals surface area (Å²) >= 11 is 0. The van der Waals surface area contributed by atoms with E-state index >= 15 is 0 Å². The molecule has 1 N–H and O–H groups in total. The summed E-state index contributed by atoms with van der Waals surface area (Å²) in [5.41, 5.74) is 2.00. The summed E-state index contributed by atoms with van der Waals surface area (Å²) < 4.78 is 0. The van der Waals surface area contributed by atoms with Gasteiger partial charge in [0.1, 0.15) is 0 Å². The molecule has 224 valence electrons. The van der Waals surface area contributed by atoms with Crippen molar-refractivity contribution in [3.05, 3.63) is 71.6 Å². The number of nitrogens with zero attached hydrogens (tertiary/aromatic N) is 5. The van der Waals surface area contributed by atoms with Gasteiger partial charge >= 0.3 is 6.03 Å². The lowest BCUT2D eigenvalue weighted by Gasteiger charge is -2.50. The van der Waals surface area contributed by atoms with E-state index in [-0.39, 0.29) is 29.9 Å². The number of hydrogen-bond donors (Lipinski definition) is 1. The first kappa shape index (κ1) is 29.0. The number of urea groups is 1. The average Bonchev–Trinajstić information content (AvgIpc) is 3.40. The molecule has 1 aromatic heterocycles. The summed E-state index contributed by atoms with van der Waals surface area (Å²) in [6, 6.07) is 11.3. The van der Waals surface area contributed by atoms with E-state index in [1.807, 2.05) is 48.2 Å². The predicted octanol–water partition coefficient (Wildman–Crippen LogP) is 5.30. The number of carbonyl (C=O) groups excluding carboxylic acids is 3. The Balaban J connectivity index is 1.19. The van der Waals surface area contributed by atoms with Gasteiger partial charge in [-0.25, -0.2) is 14.8 Å². The molecule has 4 aliphatic rings. The van der Waals surface area contributed by atoms with Gasteiger partial charge in [-0.15, -0.1) is 0 Å². The number of imide groups is 1. The number of aromatic nitrogens is 1. The second-order valence-corrected chi connectivity index (χ2v) is 12.2. The predicted molar refractivity (Wildman–Crippen MR) is 167 cm³/mol. The Labute approximate surface area is 253 Å².